The van der Waals surface area contributed by atoms with Gasteiger partial charge in [0.25, 0.3) is 5.91 Å². The van der Waals surface area contributed by atoms with Gasteiger partial charge in [0.2, 0.25) is 0 Å². The number of nitrogens with one attached hydrogen (secondary N) is 1. The predicted molar refractivity (Wildman–Crippen MR) is 103 cm³/mol. The highest BCUT2D eigenvalue weighted by molar-refractivity contribution is 7.09. The molecule has 0 radical (unpaired) electrons. The molecule has 4 nitrogen and oxygen atoms in total. The molecule has 0 bridgehead atoms. The van der Waals surface area contributed by atoms with E-state index in [-0.39, 0.29) is 11.9 Å². The van der Waals surface area contributed by atoms with Crippen molar-refractivity contribution in [1.29, 1.82) is 0 Å². The number of carbonyl (C=O) groups is 1. The number of ether oxygens (including phenoxy) is 1. The van der Waals surface area contributed by atoms with Gasteiger partial charge in [0.05, 0.1) is 5.56 Å². The molecule has 0 saturated carbocycles. The molecule has 0 spiro atoms. The molecule has 2 heterocycles. The minimum Gasteiger partial charge on any atom is -0.385 e. The van der Waals surface area contributed by atoms with Gasteiger partial charge in [-0.2, -0.15) is 0 Å². The Morgan fingerprint density at radius 3 is 2.96 bits per heavy atom. The first kappa shape index (κ1) is 18.0. The third-order valence-electron chi connectivity index (χ3n) is 4.73. The van der Waals surface area contributed by atoms with Crippen LogP contribution in [0.1, 0.15) is 40.9 Å². The number of piperidine rings is 1. The Morgan fingerprint density at radius 2 is 2.16 bits per heavy atom. The maximum absolute atomic E-state index is 13.2. The number of methoxy groups -OCH3 is 1. The largest absolute Gasteiger partial charge is 0.385 e. The first-order valence-electron chi connectivity index (χ1n) is 8.95. The number of benzene rings is 1. The van der Waals surface area contributed by atoms with Crippen molar-refractivity contribution in [3.63, 3.8) is 0 Å². The second-order valence-electron chi connectivity index (χ2n) is 6.41. The van der Waals surface area contributed by atoms with E-state index in [9.17, 15) is 4.79 Å². The van der Waals surface area contributed by atoms with Crippen LogP contribution in [-0.2, 0) is 11.3 Å². The standard InChI is InChI=1S/C20H26N2O2S/c1-24-13-11-16-7-4-5-12-22(16)20(23)18-9-2-3-10-19(18)21-15-17-8-6-14-25-17/h2-3,6,8-10,14,16,21H,4-5,7,11-13,15H2,1H3. The van der Waals surface area contributed by atoms with Crippen molar-refractivity contribution in [3.8, 4) is 0 Å². The zero-order valence-corrected chi connectivity index (χ0v) is 15.6. The van der Waals surface area contributed by atoms with Crippen LogP contribution in [0.5, 0.6) is 0 Å². The lowest BCUT2D eigenvalue weighted by Crippen LogP contribution is -2.44. The highest BCUT2D eigenvalue weighted by Crippen LogP contribution is 2.25. The number of hydrogen-bond acceptors (Lipinski definition) is 4. The molecule has 1 fully saturated rings. The van der Waals surface area contributed by atoms with Gasteiger partial charge in [-0.25, -0.2) is 0 Å². The van der Waals surface area contributed by atoms with Gasteiger partial charge < -0.3 is 15.0 Å². The van der Waals surface area contributed by atoms with Crippen LogP contribution in [0.25, 0.3) is 0 Å². The molecule has 1 N–H and O–H groups in total. The van der Waals surface area contributed by atoms with Gasteiger partial charge in [-0.15, -0.1) is 11.3 Å². The van der Waals surface area contributed by atoms with Gasteiger partial charge in [0.15, 0.2) is 0 Å². The molecule has 134 valence electrons. The zero-order valence-electron chi connectivity index (χ0n) is 14.7. The quantitative estimate of drug-likeness (QED) is 0.798. The molecule has 1 aliphatic heterocycles. The number of nitrogens with zero attached hydrogens (tertiary/aromatic N) is 1. The molecule has 1 unspecified atom stereocenters. The summed E-state index contributed by atoms with van der Waals surface area (Å²) in [7, 11) is 1.72. The van der Waals surface area contributed by atoms with E-state index in [0.717, 1.165) is 43.6 Å². The van der Waals surface area contributed by atoms with E-state index in [1.54, 1.807) is 18.4 Å². The fourth-order valence-corrected chi connectivity index (χ4v) is 4.04. The number of hydrogen-bond donors (Lipinski definition) is 1. The van der Waals surface area contributed by atoms with Crippen molar-refractivity contribution in [2.75, 3.05) is 25.6 Å². The number of likely N-dealkylation sites (tertiary alicyclic amines) is 1. The van der Waals surface area contributed by atoms with Gasteiger partial charge in [0.1, 0.15) is 0 Å². The molecular formula is C20H26N2O2S. The number of anilines is 1. The van der Waals surface area contributed by atoms with E-state index in [4.69, 9.17) is 4.74 Å². The van der Waals surface area contributed by atoms with Gasteiger partial charge in [-0.1, -0.05) is 18.2 Å². The van der Waals surface area contributed by atoms with Crippen LogP contribution < -0.4 is 5.32 Å². The van der Waals surface area contributed by atoms with E-state index in [2.05, 4.69) is 16.8 Å². The number of thiophene rings is 1. The average Bonchev–Trinajstić information content (AvgIpc) is 3.18. The van der Waals surface area contributed by atoms with Crippen LogP contribution in [0.4, 0.5) is 5.69 Å². The molecule has 1 atom stereocenters. The van der Waals surface area contributed by atoms with Crippen molar-refractivity contribution in [2.45, 2.75) is 38.3 Å². The summed E-state index contributed by atoms with van der Waals surface area (Å²) in [5.74, 6) is 0.134. The monoisotopic (exact) mass is 358 g/mol. The molecule has 1 amide bonds. The lowest BCUT2D eigenvalue weighted by atomic mass is 9.98. The minimum atomic E-state index is 0.134. The van der Waals surface area contributed by atoms with Gasteiger partial charge in [0, 0.05) is 43.4 Å². The van der Waals surface area contributed by atoms with E-state index < -0.39 is 0 Å². The summed E-state index contributed by atoms with van der Waals surface area (Å²) in [6.07, 6.45) is 4.25. The molecule has 1 aromatic heterocycles. The molecule has 1 saturated heterocycles. The van der Waals surface area contributed by atoms with E-state index in [1.807, 2.05) is 35.2 Å². The third-order valence-corrected chi connectivity index (χ3v) is 5.61. The summed E-state index contributed by atoms with van der Waals surface area (Å²) in [5.41, 5.74) is 1.68. The van der Waals surface area contributed by atoms with Gasteiger partial charge in [-0.05, 0) is 49.3 Å². The van der Waals surface area contributed by atoms with Crippen LogP contribution in [-0.4, -0.2) is 37.1 Å². The first-order valence-corrected chi connectivity index (χ1v) is 9.82. The van der Waals surface area contributed by atoms with Crippen molar-refractivity contribution >= 4 is 22.9 Å². The Morgan fingerprint density at radius 1 is 1.28 bits per heavy atom. The molecule has 0 aliphatic carbocycles. The second kappa shape index (κ2) is 9.02. The smallest absolute Gasteiger partial charge is 0.256 e. The summed E-state index contributed by atoms with van der Waals surface area (Å²) in [6, 6.07) is 12.3. The lowest BCUT2D eigenvalue weighted by Gasteiger charge is -2.36. The fraction of sp³-hybridized carbons (Fsp3) is 0.450. The molecule has 1 aromatic carbocycles. The zero-order chi connectivity index (χ0) is 17.5. The third kappa shape index (κ3) is 4.61. The van der Waals surface area contributed by atoms with Gasteiger partial charge >= 0.3 is 0 Å². The fourth-order valence-electron chi connectivity index (χ4n) is 3.40. The number of carbonyl (C=O) groups excluding carboxylic acids is 1. The van der Waals surface area contributed by atoms with Crippen molar-refractivity contribution in [1.82, 2.24) is 4.90 Å². The second-order valence-corrected chi connectivity index (χ2v) is 7.44. The van der Waals surface area contributed by atoms with Crippen molar-refractivity contribution in [2.24, 2.45) is 0 Å². The first-order chi connectivity index (χ1) is 12.3. The van der Waals surface area contributed by atoms with E-state index >= 15 is 0 Å². The van der Waals surface area contributed by atoms with E-state index in [0.29, 0.717) is 6.61 Å². The van der Waals surface area contributed by atoms with E-state index in [1.165, 1.54) is 11.3 Å². The van der Waals surface area contributed by atoms with Crippen LogP contribution in [0.3, 0.4) is 0 Å². The lowest BCUT2D eigenvalue weighted by molar-refractivity contribution is 0.0554. The Labute approximate surface area is 153 Å². The van der Waals surface area contributed by atoms with Crippen LogP contribution in [0.15, 0.2) is 41.8 Å². The highest BCUT2D eigenvalue weighted by Gasteiger charge is 2.28. The summed E-state index contributed by atoms with van der Waals surface area (Å²) in [5, 5.41) is 5.50. The van der Waals surface area contributed by atoms with Crippen molar-refractivity contribution < 1.29 is 9.53 Å². The maximum Gasteiger partial charge on any atom is 0.256 e. The number of amides is 1. The molecule has 5 heteroatoms. The van der Waals surface area contributed by atoms with Gasteiger partial charge in [-0.3, -0.25) is 4.79 Å². The summed E-state index contributed by atoms with van der Waals surface area (Å²) >= 11 is 1.72. The molecule has 2 aromatic rings. The summed E-state index contributed by atoms with van der Waals surface area (Å²) < 4.78 is 5.23. The number of para-hydroxylation sites is 1. The molecule has 3 rings (SSSR count). The Hall–Kier alpha value is -1.85. The Kier molecular flexibility index (Phi) is 6.48. The topological polar surface area (TPSA) is 41.6 Å². The van der Waals surface area contributed by atoms with Crippen LogP contribution in [0, 0.1) is 0 Å². The molecular weight excluding hydrogens is 332 g/mol. The summed E-state index contributed by atoms with van der Waals surface area (Å²) in [6.45, 7) is 2.29. The van der Waals surface area contributed by atoms with Crippen LogP contribution >= 0.6 is 11.3 Å². The normalized spacial score (nSPS) is 17.5. The SMILES string of the molecule is COCCC1CCCCN1C(=O)c1ccccc1NCc1cccs1. The highest BCUT2D eigenvalue weighted by atomic mass is 32.1. The average molecular weight is 359 g/mol. The summed E-state index contributed by atoms with van der Waals surface area (Å²) in [4.78, 5) is 16.5. The number of rotatable bonds is 7. The molecule has 25 heavy (non-hydrogen) atoms. The Balaban J connectivity index is 1.74. The van der Waals surface area contributed by atoms with Crippen molar-refractivity contribution in [3.05, 3.63) is 52.2 Å². The molecule has 1 aliphatic rings. The maximum atomic E-state index is 13.2. The van der Waals surface area contributed by atoms with Crippen LogP contribution in [0.2, 0.25) is 0 Å². The predicted octanol–water partition coefficient (Wildman–Crippen LogP) is 4.39. The minimum absolute atomic E-state index is 0.134. The Bertz CT molecular complexity index is 672.